The number of unbranched alkanes of at least 4 members (excludes halogenated alkanes) is 1. The lowest BCUT2D eigenvalue weighted by atomic mass is 9.86. The molecule has 8 nitrogen and oxygen atoms in total. The Morgan fingerprint density at radius 3 is 1.58 bits per heavy atom. The normalized spacial score (nSPS) is 18.7. The molecule has 2 aromatic rings. The Labute approximate surface area is 291 Å². The number of amides is 2. The second-order valence-corrected chi connectivity index (χ2v) is 16.5. The van der Waals surface area contributed by atoms with Crippen LogP contribution in [0.1, 0.15) is 103 Å². The highest BCUT2D eigenvalue weighted by molar-refractivity contribution is 5.85. The van der Waals surface area contributed by atoms with Gasteiger partial charge in [0.2, 0.25) is 11.8 Å². The maximum absolute atomic E-state index is 14.1. The fourth-order valence-electron chi connectivity index (χ4n) is 6.73. The van der Waals surface area contributed by atoms with Crippen molar-refractivity contribution in [3.63, 3.8) is 0 Å². The lowest BCUT2D eigenvalue weighted by Gasteiger charge is -2.48. The summed E-state index contributed by atoms with van der Waals surface area (Å²) in [6.45, 7) is 20.7. The van der Waals surface area contributed by atoms with E-state index in [0.717, 1.165) is 49.9 Å². The third kappa shape index (κ3) is 11.7. The Kier molecular flexibility index (Phi) is 14.7. The Morgan fingerprint density at radius 2 is 1.17 bits per heavy atom. The van der Waals surface area contributed by atoms with Crippen LogP contribution in [-0.4, -0.2) is 78.5 Å². The van der Waals surface area contributed by atoms with Crippen LogP contribution < -0.4 is 22.5 Å². The zero-order valence-corrected chi connectivity index (χ0v) is 31.2. The molecule has 1 fully saturated rings. The minimum Gasteiger partial charge on any atom is -0.335 e. The van der Waals surface area contributed by atoms with E-state index < -0.39 is 12.1 Å². The topological polar surface area (TPSA) is 131 Å². The second-order valence-electron chi connectivity index (χ2n) is 16.5. The molecule has 1 aliphatic rings. The number of hydrogen-bond donors (Lipinski definition) is 4. The van der Waals surface area contributed by atoms with Gasteiger partial charge in [0, 0.05) is 38.3 Å². The van der Waals surface area contributed by atoms with E-state index in [1.807, 2.05) is 9.80 Å². The van der Waals surface area contributed by atoms with Crippen LogP contribution in [0.15, 0.2) is 48.5 Å². The summed E-state index contributed by atoms with van der Waals surface area (Å²) in [4.78, 5) is 32.2. The highest BCUT2D eigenvalue weighted by atomic mass is 16.2. The van der Waals surface area contributed by atoms with Crippen LogP contribution in [0.2, 0.25) is 0 Å². The third-order valence-corrected chi connectivity index (χ3v) is 9.65. The lowest BCUT2D eigenvalue weighted by molar-refractivity contribution is -0.149. The summed E-state index contributed by atoms with van der Waals surface area (Å²) in [5.74, 6) is 0.277. The van der Waals surface area contributed by atoms with E-state index in [4.69, 9.17) is 17.2 Å². The standard InChI is InChI=1S/C40H66N6O2/c1-28(2)23-34-27-45(37(47)35(42)24-29-12-16-31(17-13-29)39(3,4)5)33(11-9-10-21-44-22-20-41)26-46(34)38(48)36(43)25-30-14-18-32(19-15-30)40(6,7)8/h12-19,28,33-36,44H,9-11,20-27,41-43H2,1-8H3/t33-,34+,35-,36-/m1/s1. The van der Waals surface area contributed by atoms with Gasteiger partial charge in [0.1, 0.15) is 0 Å². The van der Waals surface area contributed by atoms with E-state index in [0.29, 0.717) is 38.4 Å². The molecule has 268 valence electrons. The summed E-state index contributed by atoms with van der Waals surface area (Å²) in [7, 11) is 0. The van der Waals surface area contributed by atoms with Crippen LogP contribution in [0.3, 0.4) is 0 Å². The van der Waals surface area contributed by atoms with E-state index in [1.165, 1.54) is 11.1 Å². The largest absolute Gasteiger partial charge is 0.335 e. The molecule has 7 N–H and O–H groups in total. The Bertz CT molecular complexity index is 1280. The molecule has 3 rings (SSSR count). The van der Waals surface area contributed by atoms with Crippen molar-refractivity contribution in [2.75, 3.05) is 32.7 Å². The van der Waals surface area contributed by atoms with Crippen LogP contribution in [0.5, 0.6) is 0 Å². The van der Waals surface area contributed by atoms with E-state index in [-0.39, 0.29) is 34.7 Å². The van der Waals surface area contributed by atoms with Gasteiger partial charge in [-0.2, -0.15) is 0 Å². The average molecular weight is 663 g/mol. The van der Waals surface area contributed by atoms with Crippen molar-refractivity contribution in [1.29, 1.82) is 0 Å². The van der Waals surface area contributed by atoms with E-state index in [9.17, 15) is 9.59 Å². The van der Waals surface area contributed by atoms with Gasteiger partial charge in [-0.3, -0.25) is 9.59 Å². The van der Waals surface area contributed by atoms with Crippen molar-refractivity contribution in [2.24, 2.45) is 23.1 Å². The fourth-order valence-corrected chi connectivity index (χ4v) is 6.73. The van der Waals surface area contributed by atoms with Gasteiger partial charge < -0.3 is 32.3 Å². The van der Waals surface area contributed by atoms with Crippen molar-refractivity contribution < 1.29 is 9.59 Å². The highest BCUT2D eigenvalue weighted by Crippen LogP contribution is 2.27. The molecule has 48 heavy (non-hydrogen) atoms. The lowest BCUT2D eigenvalue weighted by Crippen LogP contribution is -2.65. The van der Waals surface area contributed by atoms with Gasteiger partial charge in [-0.05, 0) is 77.7 Å². The minimum absolute atomic E-state index is 0.0366. The van der Waals surface area contributed by atoms with Gasteiger partial charge in [0.15, 0.2) is 0 Å². The number of piperazine rings is 1. The number of carbonyl (C=O) groups is 2. The summed E-state index contributed by atoms with van der Waals surface area (Å²) in [5.41, 5.74) is 23.7. The highest BCUT2D eigenvalue weighted by Gasteiger charge is 2.41. The summed E-state index contributed by atoms with van der Waals surface area (Å²) in [5, 5.41) is 3.36. The molecule has 0 aromatic heterocycles. The molecule has 1 saturated heterocycles. The minimum atomic E-state index is -0.653. The monoisotopic (exact) mass is 663 g/mol. The summed E-state index contributed by atoms with van der Waals surface area (Å²) in [6.07, 6.45) is 4.45. The molecule has 0 aliphatic carbocycles. The zero-order chi connectivity index (χ0) is 35.6. The molecule has 8 heteroatoms. The van der Waals surface area contributed by atoms with Gasteiger partial charge in [-0.25, -0.2) is 0 Å². The van der Waals surface area contributed by atoms with Crippen molar-refractivity contribution in [1.82, 2.24) is 15.1 Å². The predicted octanol–water partition coefficient (Wildman–Crippen LogP) is 4.89. The molecule has 0 bridgehead atoms. The fraction of sp³-hybridized carbons (Fsp3) is 0.650. The van der Waals surface area contributed by atoms with Gasteiger partial charge in [0.25, 0.3) is 0 Å². The molecule has 2 aromatic carbocycles. The van der Waals surface area contributed by atoms with E-state index in [1.54, 1.807) is 0 Å². The molecule has 0 saturated carbocycles. The molecule has 2 amide bonds. The Balaban J connectivity index is 1.80. The van der Waals surface area contributed by atoms with Gasteiger partial charge in [-0.1, -0.05) is 110 Å². The molecule has 0 unspecified atom stereocenters. The van der Waals surface area contributed by atoms with Crippen molar-refractivity contribution >= 4 is 11.8 Å². The smallest absolute Gasteiger partial charge is 0.240 e. The Hall–Kier alpha value is -2.78. The summed E-state index contributed by atoms with van der Waals surface area (Å²) < 4.78 is 0. The SMILES string of the molecule is CC(C)C[C@H]1CN(C(=O)[C@H](N)Cc2ccc(C(C)(C)C)cc2)[C@H](CCCCNCCN)CN1C(=O)[C@H](N)Cc1ccc(C(C)(C)C)cc1. The van der Waals surface area contributed by atoms with Crippen LogP contribution >= 0.6 is 0 Å². The van der Waals surface area contributed by atoms with Crippen LogP contribution in [-0.2, 0) is 33.3 Å². The average Bonchev–Trinajstić information content (AvgIpc) is 3.01. The maximum Gasteiger partial charge on any atom is 0.240 e. The van der Waals surface area contributed by atoms with Gasteiger partial charge >= 0.3 is 0 Å². The van der Waals surface area contributed by atoms with Crippen LogP contribution in [0, 0.1) is 5.92 Å². The van der Waals surface area contributed by atoms with E-state index >= 15 is 0 Å². The first-order valence-corrected chi connectivity index (χ1v) is 18.2. The first-order chi connectivity index (χ1) is 22.5. The van der Waals surface area contributed by atoms with Crippen molar-refractivity contribution in [3.8, 4) is 0 Å². The molecule has 1 aliphatic heterocycles. The van der Waals surface area contributed by atoms with Gasteiger partial charge in [-0.15, -0.1) is 0 Å². The summed E-state index contributed by atoms with van der Waals surface area (Å²) in [6, 6.07) is 15.4. The molecule has 1 heterocycles. The predicted molar refractivity (Wildman–Crippen MR) is 200 cm³/mol. The van der Waals surface area contributed by atoms with Gasteiger partial charge in [0.05, 0.1) is 12.1 Å². The third-order valence-electron chi connectivity index (χ3n) is 9.65. The number of nitrogens with one attached hydrogen (secondary N) is 1. The van der Waals surface area contributed by atoms with Crippen molar-refractivity contribution in [3.05, 3.63) is 70.8 Å². The molecule has 0 spiro atoms. The first-order valence-electron chi connectivity index (χ1n) is 18.2. The Morgan fingerprint density at radius 1 is 0.729 bits per heavy atom. The number of rotatable bonds is 15. The zero-order valence-electron chi connectivity index (χ0n) is 31.2. The molecule has 4 atom stereocenters. The molecule has 0 radical (unpaired) electrons. The quantitative estimate of drug-likeness (QED) is 0.201. The summed E-state index contributed by atoms with van der Waals surface area (Å²) >= 11 is 0. The number of hydrogen-bond acceptors (Lipinski definition) is 6. The number of benzene rings is 2. The molecular formula is C40H66N6O2. The maximum atomic E-state index is 14.1. The first kappa shape index (κ1) is 39.7. The van der Waals surface area contributed by atoms with E-state index in [2.05, 4.69) is 109 Å². The molecular weight excluding hydrogens is 596 g/mol. The second kappa shape index (κ2) is 17.7. The van der Waals surface area contributed by atoms with Crippen LogP contribution in [0.4, 0.5) is 0 Å². The van der Waals surface area contributed by atoms with Crippen molar-refractivity contribution in [2.45, 2.75) is 129 Å². The number of nitrogens with zero attached hydrogens (tertiary/aromatic N) is 2. The number of nitrogens with two attached hydrogens (primary N) is 3. The van der Waals surface area contributed by atoms with Crippen LogP contribution in [0.25, 0.3) is 0 Å². The number of carbonyl (C=O) groups excluding carboxylic acids is 2.